The van der Waals surface area contributed by atoms with Crippen molar-refractivity contribution in [3.63, 3.8) is 0 Å². The minimum atomic E-state index is -0.817. The van der Waals surface area contributed by atoms with Gasteiger partial charge in [-0.2, -0.15) is 0 Å². The third kappa shape index (κ3) is 1.94. The highest BCUT2D eigenvalue weighted by molar-refractivity contribution is 6.65. The predicted molar refractivity (Wildman–Crippen MR) is 76.0 cm³/mol. The molecule has 1 aliphatic rings. The number of nitrogens with zero attached hydrogens (tertiary/aromatic N) is 1. The second-order valence-corrected chi connectivity index (χ2v) is 5.60. The molecule has 0 aliphatic carbocycles. The number of aromatic nitrogens is 1. The molecule has 19 heavy (non-hydrogen) atoms. The zero-order chi connectivity index (χ0) is 13.7. The highest BCUT2D eigenvalue weighted by atomic mass is 16.7. The maximum absolute atomic E-state index is 6.16. The van der Waals surface area contributed by atoms with Gasteiger partial charge in [0.25, 0.3) is 0 Å². The lowest BCUT2D eigenvalue weighted by atomic mass is 9.77. The fourth-order valence-electron chi connectivity index (χ4n) is 2.22. The van der Waals surface area contributed by atoms with Crippen molar-refractivity contribution < 1.29 is 9.31 Å². The molecular formula is C14H17BN2O2. The van der Waals surface area contributed by atoms with E-state index >= 15 is 0 Å². The van der Waals surface area contributed by atoms with Gasteiger partial charge in [0.2, 0.25) is 0 Å². The summed E-state index contributed by atoms with van der Waals surface area (Å²) >= 11 is 0. The van der Waals surface area contributed by atoms with Gasteiger partial charge in [-0.3, -0.25) is 4.98 Å². The van der Waals surface area contributed by atoms with Crippen molar-refractivity contribution in [2.45, 2.75) is 32.1 Å². The molecule has 1 atom stereocenters. The van der Waals surface area contributed by atoms with Crippen LogP contribution in [0.25, 0.3) is 10.9 Å². The summed E-state index contributed by atoms with van der Waals surface area (Å²) in [4.78, 5) is 4.34. The van der Waals surface area contributed by atoms with Gasteiger partial charge in [-0.1, -0.05) is 18.2 Å². The van der Waals surface area contributed by atoms with Gasteiger partial charge in [0.05, 0.1) is 11.1 Å². The summed E-state index contributed by atoms with van der Waals surface area (Å²) in [6.07, 6.45) is 1.77. The van der Waals surface area contributed by atoms with Gasteiger partial charge in [0.1, 0.15) is 5.72 Å². The smallest absolute Gasteiger partial charge is 0.398 e. The lowest BCUT2D eigenvalue weighted by Crippen LogP contribution is -2.52. The van der Waals surface area contributed by atoms with Crippen LogP contribution >= 0.6 is 0 Å². The van der Waals surface area contributed by atoms with Gasteiger partial charge in [0.15, 0.2) is 0 Å². The molecule has 1 saturated heterocycles. The first-order chi connectivity index (χ1) is 8.91. The highest BCUT2D eigenvalue weighted by Gasteiger charge is 2.52. The summed E-state index contributed by atoms with van der Waals surface area (Å²) in [7, 11) is -0.460. The number of nitrogens with two attached hydrogens (primary N) is 1. The number of rotatable bonds is 1. The third-order valence-corrected chi connectivity index (χ3v) is 3.89. The van der Waals surface area contributed by atoms with Crippen LogP contribution in [0.1, 0.15) is 20.8 Å². The largest absolute Gasteiger partial charge is 0.496 e. The second kappa shape index (κ2) is 4.03. The molecule has 5 heteroatoms. The molecule has 1 aromatic carbocycles. The van der Waals surface area contributed by atoms with Gasteiger partial charge in [-0.15, -0.1) is 0 Å². The van der Waals surface area contributed by atoms with Crippen LogP contribution in [0.15, 0.2) is 36.5 Å². The van der Waals surface area contributed by atoms with E-state index in [1.807, 2.05) is 51.1 Å². The molecule has 1 aromatic heterocycles. The summed E-state index contributed by atoms with van der Waals surface area (Å²) in [5.41, 5.74) is 6.70. The van der Waals surface area contributed by atoms with Crippen LogP contribution in [-0.4, -0.2) is 23.4 Å². The first-order valence-electron chi connectivity index (χ1n) is 6.39. The molecule has 1 unspecified atom stereocenters. The predicted octanol–water partition coefficient (Wildman–Crippen LogP) is 1.43. The number of hydrogen-bond acceptors (Lipinski definition) is 4. The van der Waals surface area contributed by atoms with Gasteiger partial charge in [0, 0.05) is 6.20 Å². The van der Waals surface area contributed by atoms with Gasteiger partial charge in [-0.25, -0.2) is 0 Å². The van der Waals surface area contributed by atoms with E-state index in [1.165, 1.54) is 0 Å². The first kappa shape index (κ1) is 12.6. The summed E-state index contributed by atoms with van der Waals surface area (Å²) < 4.78 is 11.9. The Hall–Kier alpha value is -1.43. The van der Waals surface area contributed by atoms with E-state index in [4.69, 9.17) is 15.0 Å². The van der Waals surface area contributed by atoms with E-state index in [2.05, 4.69) is 4.98 Å². The maximum Gasteiger partial charge on any atom is 0.496 e. The average molecular weight is 256 g/mol. The number of para-hydroxylation sites is 1. The minimum Gasteiger partial charge on any atom is -0.398 e. The summed E-state index contributed by atoms with van der Waals surface area (Å²) in [5, 5.41) is 1.03. The maximum atomic E-state index is 6.16. The summed E-state index contributed by atoms with van der Waals surface area (Å²) in [6.45, 7) is 5.73. The van der Waals surface area contributed by atoms with Crippen molar-refractivity contribution in [3.8, 4) is 0 Å². The quantitative estimate of drug-likeness (QED) is 0.784. The molecule has 0 bridgehead atoms. The van der Waals surface area contributed by atoms with Gasteiger partial charge in [-0.05, 0) is 43.8 Å². The Morgan fingerprint density at radius 1 is 1.11 bits per heavy atom. The van der Waals surface area contributed by atoms with E-state index in [-0.39, 0.29) is 0 Å². The summed E-state index contributed by atoms with van der Waals surface area (Å²) in [6, 6.07) is 9.86. The number of pyridine rings is 1. The van der Waals surface area contributed by atoms with Crippen molar-refractivity contribution in [2.75, 3.05) is 0 Å². The molecule has 4 nitrogen and oxygen atoms in total. The Morgan fingerprint density at radius 2 is 1.84 bits per heavy atom. The molecule has 3 rings (SSSR count). The monoisotopic (exact) mass is 256 g/mol. The number of benzene rings is 1. The van der Waals surface area contributed by atoms with Crippen LogP contribution in [0.5, 0.6) is 0 Å². The van der Waals surface area contributed by atoms with Crippen molar-refractivity contribution in [3.05, 3.63) is 36.5 Å². The zero-order valence-electron chi connectivity index (χ0n) is 11.4. The Morgan fingerprint density at radius 3 is 2.53 bits per heavy atom. The normalized spacial score (nSPS) is 26.0. The molecule has 2 N–H and O–H groups in total. The molecule has 1 fully saturated rings. The topological polar surface area (TPSA) is 57.4 Å². The lowest BCUT2D eigenvalue weighted by Gasteiger charge is -2.31. The van der Waals surface area contributed by atoms with E-state index in [9.17, 15) is 0 Å². The number of fused-ring (bicyclic) bond motifs is 1. The van der Waals surface area contributed by atoms with Crippen molar-refractivity contribution >= 4 is 23.5 Å². The first-order valence-corrected chi connectivity index (χ1v) is 6.39. The molecule has 2 heterocycles. The molecule has 0 saturated carbocycles. The van der Waals surface area contributed by atoms with E-state index in [0.29, 0.717) is 0 Å². The standard InChI is InChI=1S/C14H17BN2O2/c1-13(2)14(3,16)19-15(18-13)11-8-9-17-12-7-5-4-6-10(11)12/h4-9H,16H2,1-3H3. The minimum absolute atomic E-state index is 0.460. The SMILES string of the molecule is CC1(C)OB(c2ccnc3ccccc23)OC1(C)N. The van der Waals surface area contributed by atoms with E-state index in [0.717, 1.165) is 16.4 Å². The summed E-state index contributed by atoms with van der Waals surface area (Å²) in [5.74, 6) is 0. The Kier molecular flexibility index (Phi) is 2.67. The Balaban J connectivity index is 2.08. The molecular weight excluding hydrogens is 239 g/mol. The molecule has 1 aliphatic heterocycles. The van der Waals surface area contributed by atoms with Crippen molar-refractivity contribution in [1.82, 2.24) is 4.98 Å². The molecule has 0 spiro atoms. The highest BCUT2D eigenvalue weighted by Crippen LogP contribution is 2.33. The fourth-order valence-corrected chi connectivity index (χ4v) is 2.22. The van der Waals surface area contributed by atoms with Crippen LogP contribution < -0.4 is 11.2 Å². The van der Waals surface area contributed by atoms with E-state index < -0.39 is 18.4 Å². The Labute approximate surface area is 113 Å². The zero-order valence-corrected chi connectivity index (χ0v) is 11.4. The second-order valence-electron chi connectivity index (χ2n) is 5.60. The molecule has 98 valence electrons. The number of hydrogen-bond donors (Lipinski definition) is 1. The average Bonchev–Trinajstić information content (AvgIpc) is 2.58. The lowest BCUT2D eigenvalue weighted by molar-refractivity contribution is -0.00411. The van der Waals surface area contributed by atoms with Crippen molar-refractivity contribution in [2.24, 2.45) is 5.73 Å². The third-order valence-electron chi connectivity index (χ3n) is 3.89. The Bertz CT molecular complexity index is 606. The molecule has 0 amide bonds. The van der Waals surface area contributed by atoms with Crippen LogP contribution in [0.2, 0.25) is 0 Å². The van der Waals surface area contributed by atoms with Crippen LogP contribution in [-0.2, 0) is 9.31 Å². The molecule has 0 radical (unpaired) electrons. The van der Waals surface area contributed by atoms with Crippen LogP contribution in [0, 0.1) is 0 Å². The molecule has 2 aromatic rings. The van der Waals surface area contributed by atoms with Crippen LogP contribution in [0.3, 0.4) is 0 Å². The van der Waals surface area contributed by atoms with Gasteiger partial charge >= 0.3 is 7.12 Å². The van der Waals surface area contributed by atoms with Crippen molar-refractivity contribution in [1.29, 1.82) is 0 Å². The van der Waals surface area contributed by atoms with E-state index in [1.54, 1.807) is 6.20 Å². The fraction of sp³-hybridized carbons (Fsp3) is 0.357. The van der Waals surface area contributed by atoms with Gasteiger partial charge < -0.3 is 15.0 Å². The van der Waals surface area contributed by atoms with Crippen LogP contribution in [0.4, 0.5) is 0 Å².